The Morgan fingerprint density at radius 2 is 1.76 bits per heavy atom. The summed E-state index contributed by atoms with van der Waals surface area (Å²) in [7, 11) is 0. The second-order valence-corrected chi connectivity index (χ2v) is 9.05. The van der Waals surface area contributed by atoms with E-state index in [1.165, 1.54) is 48.2 Å². The van der Waals surface area contributed by atoms with E-state index in [0.29, 0.717) is 0 Å². The summed E-state index contributed by atoms with van der Waals surface area (Å²) >= 11 is 5.86. The number of nitro groups is 1. The van der Waals surface area contributed by atoms with Crippen LogP contribution in [0.2, 0.25) is 5.02 Å². The quantitative estimate of drug-likeness (QED) is 0.206. The Morgan fingerprint density at radius 1 is 1.15 bits per heavy atom. The molecule has 3 rings (SSSR count). The van der Waals surface area contributed by atoms with Crippen LogP contribution in [0, 0.1) is 10.1 Å². The number of esters is 1. The van der Waals surface area contributed by atoms with Gasteiger partial charge in [0.05, 0.1) is 17.0 Å². The van der Waals surface area contributed by atoms with Gasteiger partial charge in [0.2, 0.25) is 5.91 Å². The Labute approximate surface area is 200 Å². The molecular weight excluding hydrogens is 466 g/mol. The van der Waals surface area contributed by atoms with Crippen LogP contribution in [0.1, 0.15) is 44.5 Å². The summed E-state index contributed by atoms with van der Waals surface area (Å²) in [4.78, 5) is 63.5. The van der Waals surface area contributed by atoms with Crippen LogP contribution in [0.4, 0.5) is 11.4 Å². The zero-order valence-electron chi connectivity index (χ0n) is 18.9. The van der Waals surface area contributed by atoms with E-state index in [2.05, 4.69) is 0 Å². The highest BCUT2D eigenvalue weighted by Crippen LogP contribution is 2.33. The van der Waals surface area contributed by atoms with E-state index in [0.717, 1.165) is 11.0 Å². The Balaban J connectivity index is 1.95. The standard InChI is InChI=1S/C23H22ClN3O7/c1-13(28)34-16-8-6-15(7-9-16)25-20(29)12-19(22(25)31)26(23(2,3)4)21(30)14-5-10-17(24)18(11-14)27(32)33/h5-11,19H,12H2,1-4H3. The number of carbonyl (C=O) groups is 4. The highest BCUT2D eigenvalue weighted by Gasteiger charge is 2.47. The van der Waals surface area contributed by atoms with Gasteiger partial charge in [-0.2, -0.15) is 0 Å². The largest absolute Gasteiger partial charge is 0.427 e. The highest BCUT2D eigenvalue weighted by atomic mass is 35.5. The minimum absolute atomic E-state index is 0.0320. The normalized spacial score (nSPS) is 15.9. The van der Waals surface area contributed by atoms with Gasteiger partial charge in [-0.15, -0.1) is 0 Å². The van der Waals surface area contributed by atoms with Crippen LogP contribution in [0.3, 0.4) is 0 Å². The fourth-order valence-corrected chi connectivity index (χ4v) is 3.94. The SMILES string of the molecule is CC(=O)Oc1ccc(N2C(=O)CC(N(C(=O)c3ccc(Cl)c([N+](=O)[O-])c3)C(C)(C)C)C2=O)cc1. The van der Waals surface area contributed by atoms with Crippen LogP contribution in [0.5, 0.6) is 5.75 Å². The van der Waals surface area contributed by atoms with E-state index < -0.39 is 45.9 Å². The Morgan fingerprint density at radius 3 is 2.29 bits per heavy atom. The minimum Gasteiger partial charge on any atom is -0.427 e. The van der Waals surface area contributed by atoms with Gasteiger partial charge in [0, 0.05) is 24.1 Å². The predicted octanol–water partition coefficient (Wildman–Crippen LogP) is 3.75. The summed E-state index contributed by atoms with van der Waals surface area (Å²) < 4.78 is 4.97. The molecule has 1 aliphatic heterocycles. The lowest BCUT2D eigenvalue weighted by Gasteiger charge is -2.39. The molecule has 0 aromatic heterocycles. The summed E-state index contributed by atoms with van der Waals surface area (Å²) in [6, 6.07) is 8.33. The van der Waals surface area contributed by atoms with E-state index >= 15 is 0 Å². The van der Waals surface area contributed by atoms with Crippen molar-refractivity contribution in [2.24, 2.45) is 0 Å². The molecule has 1 fully saturated rings. The number of imide groups is 1. The number of rotatable bonds is 5. The molecule has 0 aliphatic carbocycles. The van der Waals surface area contributed by atoms with Crippen LogP contribution in [-0.2, 0) is 14.4 Å². The molecule has 0 N–H and O–H groups in total. The predicted molar refractivity (Wildman–Crippen MR) is 123 cm³/mol. The monoisotopic (exact) mass is 487 g/mol. The van der Waals surface area contributed by atoms with Crippen molar-refractivity contribution in [1.82, 2.24) is 4.90 Å². The Bertz CT molecular complexity index is 1190. The second-order valence-electron chi connectivity index (χ2n) is 8.64. The van der Waals surface area contributed by atoms with Crippen LogP contribution >= 0.6 is 11.6 Å². The highest BCUT2D eigenvalue weighted by molar-refractivity contribution is 6.32. The van der Waals surface area contributed by atoms with E-state index in [1.54, 1.807) is 20.8 Å². The molecule has 34 heavy (non-hydrogen) atoms. The number of amides is 3. The smallest absolute Gasteiger partial charge is 0.308 e. The van der Waals surface area contributed by atoms with Gasteiger partial charge in [-0.1, -0.05) is 11.6 Å². The average molecular weight is 488 g/mol. The first kappa shape index (κ1) is 24.8. The van der Waals surface area contributed by atoms with E-state index in [-0.39, 0.29) is 28.4 Å². The molecule has 0 radical (unpaired) electrons. The minimum atomic E-state index is -1.12. The van der Waals surface area contributed by atoms with Gasteiger partial charge in [-0.25, -0.2) is 4.90 Å². The van der Waals surface area contributed by atoms with Crippen LogP contribution in [0.15, 0.2) is 42.5 Å². The summed E-state index contributed by atoms with van der Waals surface area (Å²) in [6.07, 6.45) is -0.261. The summed E-state index contributed by atoms with van der Waals surface area (Å²) in [6.45, 7) is 6.34. The molecule has 1 aliphatic rings. The molecule has 178 valence electrons. The number of hydrogen-bond acceptors (Lipinski definition) is 7. The van der Waals surface area contributed by atoms with Crippen LogP contribution < -0.4 is 9.64 Å². The summed E-state index contributed by atoms with van der Waals surface area (Å²) in [5, 5.41) is 11.1. The van der Waals surface area contributed by atoms with E-state index in [4.69, 9.17) is 16.3 Å². The van der Waals surface area contributed by atoms with Crippen molar-refractivity contribution < 1.29 is 28.8 Å². The Hall–Kier alpha value is -3.79. The van der Waals surface area contributed by atoms with Gasteiger partial charge in [0.25, 0.3) is 17.5 Å². The van der Waals surface area contributed by atoms with Crippen molar-refractivity contribution in [2.45, 2.75) is 45.7 Å². The molecule has 2 aromatic carbocycles. The van der Waals surface area contributed by atoms with Gasteiger partial charge in [-0.05, 0) is 57.2 Å². The molecule has 0 bridgehead atoms. The first-order valence-electron chi connectivity index (χ1n) is 10.2. The Kier molecular flexibility index (Phi) is 6.74. The maximum atomic E-state index is 13.4. The average Bonchev–Trinajstić information content (AvgIpc) is 3.01. The van der Waals surface area contributed by atoms with Crippen molar-refractivity contribution in [3.63, 3.8) is 0 Å². The van der Waals surface area contributed by atoms with Crippen molar-refractivity contribution >= 4 is 46.7 Å². The van der Waals surface area contributed by atoms with E-state index in [9.17, 15) is 29.3 Å². The molecule has 1 heterocycles. The second kappa shape index (κ2) is 9.22. The number of nitro benzene ring substituents is 1. The third kappa shape index (κ3) is 4.91. The maximum absolute atomic E-state index is 13.4. The summed E-state index contributed by atoms with van der Waals surface area (Å²) in [5.74, 6) is -2.03. The van der Waals surface area contributed by atoms with Crippen molar-refractivity contribution in [3.05, 3.63) is 63.2 Å². The lowest BCUT2D eigenvalue weighted by atomic mass is 9.99. The molecule has 0 saturated carbocycles. The fraction of sp³-hybridized carbons (Fsp3) is 0.304. The fourth-order valence-electron chi connectivity index (χ4n) is 3.76. The van der Waals surface area contributed by atoms with Gasteiger partial charge in [-0.3, -0.25) is 29.3 Å². The molecule has 2 aromatic rings. The molecule has 1 unspecified atom stereocenters. The van der Waals surface area contributed by atoms with Gasteiger partial charge < -0.3 is 9.64 Å². The van der Waals surface area contributed by atoms with Crippen molar-refractivity contribution in [2.75, 3.05) is 4.90 Å². The first-order valence-corrected chi connectivity index (χ1v) is 10.6. The van der Waals surface area contributed by atoms with Gasteiger partial charge >= 0.3 is 5.97 Å². The van der Waals surface area contributed by atoms with Crippen molar-refractivity contribution in [1.29, 1.82) is 0 Å². The lowest BCUT2D eigenvalue weighted by Crippen LogP contribution is -2.54. The van der Waals surface area contributed by atoms with Crippen LogP contribution in [-0.4, -0.2) is 45.1 Å². The van der Waals surface area contributed by atoms with Crippen molar-refractivity contribution in [3.8, 4) is 5.75 Å². The number of halogens is 1. The topological polar surface area (TPSA) is 127 Å². The zero-order chi connectivity index (χ0) is 25.4. The maximum Gasteiger partial charge on any atom is 0.308 e. The molecule has 10 nitrogen and oxygen atoms in total. The first-order chi connectivity index (χ1) is 15.8. The molecule has 3 amide bonds. The number of ether oxygens (including phenoxy) is 1. The molecule has 1 atom stereocenters. The number of carbonyl (C=O) groups excluding carboxylic acids is 4. The third-order valence-electron chi connectivity index (χ3n) is 5.12. The molecular formula is C23H22ClN3O7. The number of hydrogen-bond donors (Lipinski definition) is 0. The molecule has 0 spiro atoms. The number of anilines is 1. The lowest BCUT2D eigenvalue weighted by molar-refractivity contribution is -0.384. The molecule has 11 heteroatoms. The number of benzene rings is 2. The third-order valence-corrected chi connectivity index (χ3v) is 5.44. The zero-order valence-corrected chi connectivity index (χ0v) is 19.7. The number of nitrogens with zero attached hydrogens (tertiary/aromatic N) is 3. The van der Waals surface area contributed by atoms with E-state index in [1.807, 2.05) is 0 Å². The van der Waals surface area contributed by atoms with Crippen LogP contribution in [0.25, 0.3) is 0 Å². The summed E-state index contributed by atoms with van der Waals surface area (Å²) in [5.41, 5.74) is -1.11. The molecule has 1 saturated heterocycles. The van der Waals surface area contributed by atoms with Gasteiger partial charge in [0.1, 0.15) is 16.8 Å². The van der Waals surface area contributed by atoms with Gasteiger partial charge in [0.15, 0.2) is 0 Å².